The number of amides is 2. The molecule has 0 bridgehead atoms. The number of anilines is 3. The van der Waals surface area contributed by atoms with Crippen molar-refractivity contribution < 1.29 is 9.59 Å². The maximum Gasteiger partial charge on any atom is 0.314 e. The topological polar surface area (TPSA) is 61.4 Å². The van der Waals surface area contributed by atoms with E-state index in [0.29, 0.717) is 16.4 Å². The van der Waals surface area contributed by atoms with Gasteiger partial charge in [0.05, 0.1) is 10.7 Å². The second-order valence-corrected chi connectivity index (χ2v) is 7.00. The van der Waals surface area contributed by atoms with E-state index in [-0.39, 0.29) is 0 Å². The SMILES string of the molecule is Cc1cc(C)c(NC(=O)C(=O)Nc2ccc(N3CCCC3)cc2)c(Cl)c1. The molecule has 26 heavy (non-hydrogen) atoms. The number of carbonyl (C=O) groups is 2. The Morgan fingerprint density at radius 1 is 0.962 bits per heavy atom. The lowest BCUT2D eigenvalue weighted by Gasteiger charge is -2.17. The first kappa shape index (κ1) is 18.3. The normalized spacial score (nSPS) is 13.6. The van der Waals surface area contributed by atoms with Gasteiger partial charge in [0.2, 0.25) is 0 Å². The molecule has 0 aromatic heterocycles. The van der Waals surface area contributed by atoms with Crippen molar-refractivity contribution in [3.8, 4) is 0 Å². The third-order valence-electron chi connectivity index (χ3n) is 4.47. The summed E-state index contributed by atoms with van der Waals surface area (Å²) in [5.74, 6) is -1.47. The fourth-order valence-electron chi connectivity index (χ4n) is 3.16. The van der Waals surface area contributed by atoms with Crippen molar-refractivity contribution in [2.45, 2.75) is 26.7 Å². The number of rotatable bonds is 3. The average Bonchev–Trinajstić information content (AvgIpc) is 3.13. The molecule has 1 heterocycles. The summed E-state index contributed by atoms with van der Waals surface area (Å²) in [5.41, 5.74) is 3.98. The van der Waals surface area contributed by atoms with Gasteiger partial charge in [0.1, 0.15) is 0 Å². The zero-order valence-electron chi connectivity index (χ0n) is 14.9. The molecule has 2 amide bonds. The summed E-state index contributed by atoms with van der Waals surface area (Å²) < 4.78 is 0. The number of nitrogens with zero attached hydrogens (tertiary/aromatic N) is 1. The van der Waals surface area contributed by atoms with Crippen molar-refractivity contribution in [1.82, 2.24) is 0 Å². The quantitative estimate of drug-likeness (QED) is 0.797. The van der Waals surface area contributed by atoms with Crippen LogP contribution >= 0.6 is 11.6 Å². The number of benzene rings is 2. The lowest BCUT2D eigenvalue weighted by molar-refractivity contribution is -0.133. The van der Waals surface area contributed by atoms with Crippen molar-refractivity contribution in [2.24, 2.45) is 0 Å². The van der Waals surface area contributed by atoms with Crippen LogP contribution in [0.1, 0.15) is 24.0 Å². The van der Waals surface area contributed by atoms with Gasteiger partial charge in [0.15, 0.2) is 0 Å². The Labute approximate surface area is 158 Å². The highest BCUT2D eigenvalue weighted by Crippen LogP contribution is 2.27. The molecule has 0 radical (unpaired) electrons. The number of halogens is 1. The highest BCUT2D eigenvalue weighted by atomic mass is 35.5. The standard InChI is InChI=1S/C20H22ClN3O2/c1-13-11-14(2)18(17(21)12-13)23-20(26)19(25)22-15-5-7-16(8-6-15)24-9-3-4-10-24/h5-8,11-12H,3-4,9-10H2,1-2H3,(H,22,25)(H,23,26). The number of carbonyl (C=O) groups excluding carboxylic acids is 2. The van der Waals surface area contributed by atoms with Gasteiger partial charge in [-0.05, 0) is 68.1 Å². The second-order valence-electron chi connectivity index (χ2n) is 6.59. The van der Waals surface area contributed by atoms with Crippen LogP contribution < -0.4 is 15.5 Å². The zero-order chi connectivity index (χ0) is 18.7. The van der Waals surface area contributed by atoms with Crippen molar-refractivity contribution in [3.05, 3.63) is 52.5 Å². The molecule has 6 heteroatoms. The fourth-order valence-corrected chi connectivity index (χ4v) is 3.53. The second kappa shape index (κ2) is 7.79. The molecule has 0 unspecified atom stereocenters. The largest absolute Gasteiger partial charge is 0.372 e. The Hall–Kier alpha value is -2.53. The number of aryl methyl sites for hydroxylation is 2. The highest BCUT2D eigenvalue weighted by molar-refractivity contribution is 6.45. The van der Waals surface area contributed by atoms with E-state index in [1.165, 1.54) is 12.8 Å². The van der Waals surface area contributed by atoms with Crippen LogP contribution in [0.3, 0.4) is 0 Å². The van der Waals surface area contributed by atoms with E-state index in [9.17, 15) is 9.59 Å². The van der Waals surface area contributed by atoms with Crippen molar-refractivity contribution in [1.29, 1.82) is 0 Å². The van der Waals surface area contributed by atoms with Crippen LogP contribution in [0.4, 0.5) is 17.1 Å². The minimum atomic E-state index is -0.748. The Bertz CT molecular complexity index is 804. The van der Waals surface area contributed by atoms with Gasteiger partial charge in [0.25, 0.3) is 0 Å². The van der Waals surface area contributed by atoms with Gasteiger partial charge in [-0.2, -0.15) is 0 Å². The molecule has 136 valence electrons. The average molecular weight is 372 g/mol. The van der Waals surface area contributed by atoms with E-state index < -0.39 is 11.8 Å². The smallest absolute Gasteiger partial charge is 0.314 e. The van der Waals surface area contributed by atoms with Gasteiger partial charge >= 0.3 is 11.8 Å². The molecule has 0 atom stereocenters. The summed E-state index contributed by atoms with van der Waals surface area (Å²) in [6, 6.07) is 11.2. The molecule has 1 fully saturated rings. The minimum absolute atomic E-state index is 0.415. The predicted molar refractivity (Wildman–Crippen MR) is 106 cm³/mol. The third-order valence-corrected chi connectivity index (χ3v) is 4.77. The van der Waals surface area contributed by atoms with E-state index in [2.05, 4.69) is 15.5 Å². The monoisotopic (exact) mass is 371 g/mol. The first-order valence-electron chi connectivity index (χ1n) is 8.68. The van der Waals surface area contributed by atoms with Gasteiger partial charge in [-0.1, -0.05) is 17.7 Å². The number of nitrogens with one attached hydrogen (secondary N) is 2. The van der Waals surface area contributed by atoms with Crippen molar-refractivity contribution in [2.75, 3.05) is 28.6 Å². The van der Waals surface area contributed by atoms with E-state index in [0.717, 1.165) is 29.9 Å². The van der Waals surface area contributed by atoms with Crippen LogP contribution in [0.5, 0.6) is 0 Å². The summed E-state index contributed by atoms with van der Waals surface area (Å²) in [4.78, 5) is 26.7. The molecule has 5 nitrogen and oxygen atoms in total. The van der Waals surface area contributed by atoms with Crippen LogP contribution in [0.2, 0.25) is 5.02 Å². The van der Waals surface area contributed by atoms with Gasteiger partial charge in [-0.15, -0.1) is 0 Å². The summed E-state index contributed by atoms with van der Waals surface area (Å²) in [6.45, 7) is 5.88. The van der Waals surface area contributed by atoms with Crippen LogP contribution in [0.15, 0.2) is 36.4 Å². The van der Waals surface area contributed by atoms with Gasteiger partial charge < -0.3 is 15.5 Å². The molecule has 1 aliphatic heterocycles. The number of hydrogen-bond donors (Lipinski definition) is 2. The fraction of sp³-hybridized carbons (Fsp3) is 0.300. The van der Waals surface area contributed by atoms with Crippen LogP contribution in [0.25, 0.3) is 0 Å². The van der Waals surface area contributed by atoms with E-state index in [4.69, 9.17) is 11.6 Å². The molecule has 0 spiro atoms. The summed E-state index contributed by atoms with van der Waals surface area (Å²) >= 11 is 6.17. The summed E-state index contributed by atoms with van der Waals surface area (Å²) in [5, 5.41) is 5.62. The Kier molecular flexibility index (Phi) is 5.47. The van der Waals surface area contributed by atoms with Crippen molar-refractivity contribution >= 4 is 40.5 Å². The Morgan fingerprint density at radius 2 is 1.58 bits per heavy atom. The lowest BCUT2D eigenvalue weighted by atomic mass is 10.1. The van der Waals surface area contributed by atoms with E-state index >= 15 is 0 Å². The van der Waals surface area contributed by atoms with Gasteiger partial charge in [-0.3, -0.25) is 9.59 Å². The van der Waals surface area contributed by atoms with E-state index in [1.807, 2.05) is 44.2 Å². The maximum atomic E-state index is 12.2. The van der Waals surface area contributed by atoms with E-state index in [1.54, 1.807) is 6.07 Å². The predicted octanol–water partition coefficient (Wildman–Crippen LogP) is 4.13. The Morgan fingerprint density at radius 3 is 2.19 bits per heavy atom. The maximum absolute atomic E-state index is 12.2. The van der Waals surface area contributed by atoms with Gasteiger partial charge in [0, 0.05) is 24.5 Å². The molecule has 1 saturated heterocycles. The molecule has 1 aliphatic rings. The van der Waals surface area contributed by atoms with Crippen molar-refractivity contribution in [3.63, 3.8) is 0 Å². The van der Waals surface area contributed by atoms with Crippen LogP contribution in [-0.4, -0.2) is 24.9 Å². The third kappa shape index (κ3) is 4.17. The summed E-state index contributed by atoms with van der Waals surface area (Å²) in [7, 11) is 0. The first-order chi connectivity index (χ1) is 12.4. The minimum Gasteiger partial charge on any atom is -0.372 e. The molecular formula is C20H22ClN3O2. The van der Waals surface area contributed by atoms with Crippen LogP contribution in [-0.2, 0) is 9.59 Å². The molecule has 3 rings (SSSR count). The lowest BCUT2D eigenvalue weighted by Crippen LogP contribution is -2.29. The summed E-state index contributed by atoms with van der Waals surface area (Å²) in [6.07, 6.45) is 2.42. The first-order valence-corrected chi connectivity index (χ1v) is 9.06. The molecular weight excluding hydrogens is 350 g/mol. The van der Waals surface area contributed by atoms with Crippen LogP contribution in [0, 0.1) is 13.8 Å². The zero-order valence-corrected chi connectivity index (χ0v) is 15.7. The molecule has 2 N–H and O–H groups in total. The molecule has 2 aromatic carbocycles. The van der Waals surface area contributed by atoms with Gasteiger partial charge in [-0.25, -0.2) is 0 Å². The molecule has 0 aliphatic carbocycles. The molecule has 0 saturated carbocycles. The molecule has 2 aromatic rings. The Balaban J connectivity index is 1.63. The highest BCUT2D eigenvalue weighted by Gasteiger charge is 2.17. The number of hydrogen-bond acceptors (Lipinski definition) is 3.